The van der Waals surface area contributed by atoms with Crippen molar-refractivity contribution in [2.75, 3.05) is 0 Å². The minimum atomic E-state index is -4.62. The Kier molecular flexibility index (Phi) is 6.12. The lowest BCUT2D eigenvalue weighted by atomic mass is 9.97. The van der Waals surface area contributed by atoms with Crippen LogP contribution in [-0.2, 0) is 12.8 Å². The SMILES string of the molecule is Oc1c(Br)ccc(COc2ccc(Cl)cc2)c1-c1ccc(Cl)c(C(F)(F)F)c1. The Morgan fingerprint density at radius 1 is 0.964 bits per heavy atom. The number of phenols is 1. The molecule has 0 fully saturated rings. The van der Waals surface area contributed by atoms with Crippen molar-refractivity contribution in [2.24, 2.45) is 0 Å². The molecule has 2 nitrogen and oxygen atoms in total. The number of ether oxygens (including phenoxy) is 1. The van der Waals surface area contributed by atoms with E-state index in [2.05, 4.69) is 15.9 Å². The molecular formula is C20H12BrCl2F3O2. The monoisotopic (exact) mass is 490 g/mol. The lowest BCUT2D eigenvalue weighted by molar-refractivity contribution is -0.137. The Morgan fingerprint density at radius 3 is 2.29 bits per heavy atom. The highest BCUT2D eigenvalue weighted by Gasteiger charge is 2.33. The summed E-state index contributed by atoms with van der Waals surface area (Å²) in [5.41, 5.74) is -0.0718. The molecule has 0 spiro atoms. The fourth-order valence-electron chi connectivity index (χ4n) is 2.64. The van der Waals surface area contributed by atoms with Crippen molar-refractivity contribution in [3.63, 3.8) is 0 Å². The van der Waals surface area contributed by atoms with Crippen molar-refractivity contribution in [1.29, 1.82) is 0 Å². The molecular weight excluding hydrogens is 480 g/mol. The van der Waals surface area contributed by atoms with Gasteiger partial charge in [0, 0.05) is 16.1 Å². The lowest BCUT2D eigenvalue weighted by Crippen LogP contribution is -2.06. The van der Waals surface area contributed by atoms with Gasteiger partial charge in [0.15, 0.2) is 0 Å². The lowest BCUT2D eigenvalue weighted by Gasteiger charge is -2.16. The van der Waals surface area contributed by atoms with Crippen LogP contribution in [0.25, 0.3) is 11.1 Å². The van der Waals surface area contributed by atoms with Gasteiger partial charge < -0.3 is 9.84 Å². The second kappa shape index (κ2) is 8.23. The van der Waals surface area contributed by atoms with Crippen molar-refractivity contribution in [3.8, 4) is 22.6 Å². The highest BCUT2D eigenvalue weighted by molar-refractivity contribution is 9.10. The Balaban J connectivity index is 2.03. The van der Waals surface area contributed by atoms with Crippen molar-refractivity contribution in [2.45, 2.75) is 12.8 Å². The molecule has 3 aromatic carbocycles. The number of alkyl halides is 3. The van der Waals surface area contributed by atoms with Crippen molar-refractivity contribution in [1.82, 2.24) is 0 Å². The van der Waals surface area contributed by atoms with Crippen LogP contribution >= 0.6 is 39.1 Å². The maximum absolute atomic E-state index is 13.2. The van der Waals surface area contributed by atoms with Gasteiger partial charge in [-0.15, -0.1) is 0 Å². The largest absolute Gasteiger partial charge is 0.506 e. The second-order valence-electron chi connectivity index (χ2n) is 5.87. The van der Waals surface area contributed by atoms with Gasteiger partial charge in [-0.1, -0.05) is 35.3 Å². The van der Waals surface area contributed by atoms with Crippen LogP contribution in [0.3, 0.4) is 0 Å². The molecule has 3 aromatic rings. The van der Waals surface area contributed by atoms with Crippen LogP contribution in [0, 0.1) is 0 Å². The van der Waals surface area contributed by atoms with Crippen molar-refractivity contribution >= 4 is 39.1 Å². The molecule has 0 radical (unpaired) electrons. The van der Waals surface area contributed by atoms with E-state index in [0.717, 1.165) is 12.1 Å². The van der Waals surface area contributed by atoms with Gasteiger partial charge >= 0.3 is 6.18 Å². The fourth-order valence-corrected chi connectivity index (χ4v) is 3.32. The summed E-state index contributed by atoms with van der Waals surface area (Å²) in [7, 11) is 0. The molecule has 0 saturated heterocycles. The summed E-state index contributed by atoms with van der Waals surface area (Å²) in [6, 6.07) is 13.4. The van der Waals surface area contributed by atoms with Crippen molar-refractivity contribution < 1.29 is 23.0 Å². The average Bonchev–Trinajstić information content (AvgIpc) is 2.64. The minimum Gasteiger partial charge on any atom is -0.506 e. The number of aromatic hydroxyl groups is 1. The summed E-state index contributed by atoms with van der Waals surface area (Å²) >= 11 is 14.7. The molecule has 0 saturated carbocycles. The van der Waals surface area contributed by atoms with Crippen molar-refractivity contribution in [3.05, 3.63) is 80.2 Å². The Labute approximate surface area is 177 Å². The molecule has 146 valence electrons. The summed E-state index contributed by atoms with van der Waals surface area (Å²) in [6.45, 7) is 0.0295. The summed E-state index contributed by atoms with van der Waals surface area (Å²) in [5.74, 6) is 0.345. The number of hydrogen-bond donors (Lipinski definition) is 1. The predicted molar refractivity (Wildman–Crippen MR) is 107 cm³/mol. The van der Waals surface area contributed by atoms with E-state index < -0.39 is 16.8 Å². The molecule has 0 unspecified atom stereocenters. The molecule has 3 rings (SSSR count). The zero-order valence-corrected chi connectivity index (χ0v) is 17.1. The van der Waals surface area contributed by atoms with Gasteiger partial charge in [0.1, 0.15) is 18.1 Å². The molecule has 0 aliphatic heterocycles. The van der Waals surface area contributed by atoms with E-state index in [1.54, 1.807) is 36.4 Å². The van der Waals surface area contributed by atoms with Gasteiger partial charge in [-0.3, -0.25) is 0 Å². The normalized spacial score (nSPS) is 11.5. The van der Waals surface area contributed by atoms with Gasteiger partial charge in [-0.25, -0.2) is 0 Å². The van der Waals surface area contributed by atoms with E-state index in [0.29, 0.717) is 20.8 Å². The zero-order chi connectivity index (χ0) is 20.5. The second-order valence-corrected chi connectivity index (χ2v) is 7.56. The zero-order valence-electron chi connectivity index (χ0n) is 14.0. The van der Waals surface area contributed by atoms with Crippen LogP contribution in [0.1, 0.15) is 11.1 Å². The molecule has 28 heavy (non-hydrogen) atoms. The highest BCUT2D eigenvalue weighted by atomic mass is 79.9. The Bertz CT molecular complexity index is 1010. The third-order valence-electron chi connectivity index (χ3n) is 3.98. The number of halogens is 6. The molecule has 0 aliphatic rings. The standard InChI is InChI=1S/C20H12BrCl2F3O2/c21-16-7-1-12(10-28-14-5-3-13(22)4-6-14)18(19(16)27)11-2-8-17(23)15(9-11)20(24,25)26/h1-9,27H,10H2. The summed E-state index contributed by atoms with van der Waals surface area (Å²) in [5, 5.41) is 10.6. The van der Waals surface area contributed by atoms with E-state index in [-0.39, 0.29) is 23.5 Å². The van der Waals surface area contributed by atoms with Crippen LogP contribution in [0.4, 0.5) is 13.2 Å². The van der Waals surface area contributed by atoms with Crippen LogP contribution in [0.5, 0.6) is 11.5 Å². The first kappa shape index (κ1) is 20.8. The van der Waals surface area contributed by atoms with E-state index in [1.807, 2.05) is 0 Å². The topological polar surface area (TPSA) is 29.5 Å². The molecule has 0 heterocycles. The summed E-state index contributed by atoms with van der Waals surface area (Å²) in [6.07, 6.45) is -4.62. The molecule has 1 N–H and O–H groups in total. The number of benzene rings is 3. The Morgan fingerprint density at radius 2 is 1.64 bits per heavy atom. The van der Waals surface area contributed by atoms with E-state index in [4.69, 9.17) is 27.9 Å². The third-order valence-corrected chi connectivity index (χ3v) is 5.20. The highest BCUT2D eigenvalue weighted by Crippen LogP contribution is 2.42. The number of rotatable bonds is 4. The van der Waals surface area contributed by atoms with Gasteiger partial charge in [0.25, 0.3) is 0 Å². The van der Waals surface area contributed by atoms with E-state index in [9.17, 15) is 18.3 Å². The summed E-state index contributed by atoms with van der Waals surface area (Å²) in [4.78, 5) is 0. The number of phenolic OH excluding ortho intramolecular Hbond substituents is 1. The number of hydrogen-bond acceptors (Lipinski definition) is 2. The molecule has 8 heteroatoms. The fraction of sp³-hybridized carbons (Fsp3) is 0.100. The third kappa shape index (κ3) is 4.57. The van der Waals surface area contributed by atoms with Crippen LogP contribution in [-0.4, -0.2) is 5.11 Å². The molecule has 0 aliphatic carbocycles. The first-order valence-corrected chi connectivity index (χ1v) is 9.47. The molecule has 0 aromatic heterocycles. The molecule has 0 bridgehead atoms. The average molecular weight is 492 g/mol. The maximum atomic E-state index is 13.2. The minimum absolute atomic E-state index is 0.0295. The van der Waals surface area contributed by atoms with E-state index >= 15 is 0 Å². The van der Waals surface area contributed by atoms with Gasteiger partial charge in [-0.2, -0.15) is 13.2 Å². The van der Waals surface area contributed by atoms with Crippen LogP contribution in [0.15, 0.2) is 59.1 Å². The smallest absolute Gasteiger partial charge is 0.417 e. The Hall–Kier alpha value is -1.89. The molecule has 0 atom stereocenters. The van der Waals surface area contributed by atoms with E-state index in [1.165, 1.54) is 6.07 Å². The van der Waals surface area contributed by atoms with Gasteiger partial charge in [0.2, 0.25) is 0 Å². The first-order valence-electron chi connectivity index (χ1n) is 7.92. The van der Waals surface area contributed by atoms with Crippen LogP contribution in [0.2, 0.25) is 10.0 Å². The predicted octanol–water partition coefficient (Wildman–Crippen LogP) is 7.73. The van der Waals surface area contributed by atoms with Gasteiger partial charge in [-0.05, 0) is 64.0 Å². The van der Waals surface area contributed by atoms with Gasteiger partial charge in [0.05, 0.1) is 15.1 Å². The summed E-state index contributed by atoms with van der Waals surface area (Å²) < 4.78 is 45.7. The molecule has 0 amide bonds. The first-order chi connectivity index (χ1) is 13.2. The van der Waals surface area contributed by atoms with Crippen LogP contribution < -0.4 is 4.74 Å². The quantitative estimate of drug-likeness (QED) is 0.404. The maximum Gasteiger partial charge on any atom is 0.417 e.